The Hall–Kier alpha value is -1.19. The number of nitrogens with two attached hydrogens (primary N) is 1. The van der Waals surface area contributed by atoms with Gasteiger partial charge in [0.2, 0.25) is 0 Å². The van der Waals surface area contributed by atoms with E-state index in [1.54, 1.807) is 0 Å². The van der Waals surface area contributed by atoms with Crippen LogP contribution in [0.15, 0.2) is 40.9 Å². The van der Waals surface area contributed by atoms with Crippen molar-refractivity contribution in [2.75, 3.05) is 11.1 Å². The lowest BCUT2D eigenvalue weighted by molar-refractivity contribution is 1.45. The van der Waals surface area contributed by atoms with Crippen molar-refractivity contribution in [1.82, 2.24) is 0 Å². The van der Waals surface area contributed by atoms with E-state index in [4.69, 9.17) is 17.3 Å². The number of anilines is 3. The molecule has 0 aliphatic rings. The molecule has 2 rings (SSSR count). The molecule has 0 heterocycles. The lowest BCUT2D eigenvalue weighted by Crippen LogP contribution is -1.97. The summed E-state index contributed by atoms with van der Waals surface area (Å²) >= 11 is 9.53. The van der Waals surface area contributed by atoms with Gasteiger partial charge in [0.15, 0.2) is 0 Å². The number of hydrogen-bond acceptors (Lipinski definition) is 2. The summed E-state index contributed by atoms with van der Waals surface area (Å²) in [6.07, 6.45) is 0. The Morgan fingerprint density at radius 2 is 1.88 bits per heavy atom. The second-order valence-corrected chi connectivity index (χ2v) is 5.16. The molecule has 2 aromatic carbocycles. The molecule has 0 atom stereocenters. The number of aryl methyl sites for hydroxylation is 1. The van der Waals surface area contributed by atoms with Gasteiger partial charge in [0.05, 0.1) is 22.1 Å². The van der Waals surface area contributed by atoms with Gasteiger partial charge in [-0.25, -0.2) is 0 Å². The van der Waals surface area contributed by atoms with Crippen LogP contribution in [0.3, 0.4) is 0 Å². The monoisotopic (exact) mass is 310 g/mol. The maximum Gasteiger partial charge on any atom is 0.0641 e. The van der Waals surface area contributed by atoms with Gasteiger partial charge in [0, 0.05) is 4.47 Å². The smallest absolute Gasteiger partial charge is 0.0641 e. The average molecular weight is 312 g/mol. The Bertz CT molecular complexity index is 506. The van der Waals surface area contributed by atoms with Crippen LogP contribution in [0.1, 0.15) is 5.56 Å². The van der Waals surface area contributed by atoms with Crippen LogP contribution in [0.2, 0.25) is 5.02 Å². The minimum absolute atomic E-state index is 0.661. The number of halogens is 2. The number of rotatable bonds is 2. The first kappa shape index (κ1) is 12.3. The molecule has 0 amide bonds. The molecule has 88 valence electrons. The van der Waals surface area contributed by atoms with Crippen molar-refractivity contribution in [3.8, 4) is 0 Å². The van der Waals surface area contributed by atoms with Crippen LogP contribution in [0.5, 0.6) is 0 Å². The SMILES string of the molecule is Cc1ccc(N)c(Nc2cc(Br)ccc2Cl)c1. The summed E-state index contributed by atoms with van der Waals surface area (Å²) in [6, 6.07) is 11.5. The molecule has 0 saturated heterocycles. The molecule has 0 aliphatic heterocycles. The van der Waals surface area contributed by atoms with Crippen molar-refractivity contribution in [1.29, 1.82) is 0 Å². The van der Waals surface area contributed by atoms with Gasteiger partial charge in [-0.3, -0.25) is 0 Å². The Labute approximate surface area is 114 Å². The molecule has 0 fully saturated rings. The minimum atomic E-state index is 0.661. The van der Waals surface area contributed by atoms with E-state index in [-0.39, 0.29) is 0 Å². The highest BCUT2D eigenvalue weighted by Crippen LogP contribution is 2.31. The van der Waals surface area contributed by atoms with Gasteiger partial charge in [-0.05, 0) is 42.8 Å². The lowest BCUT2D eigenvalue weighted by atomic mass is 10.2. The van der Waals surface area contributed by atoms with Gasteiger partial charge in [0.25, 0.3) is 0 Å². The molecule has 0 saturated carbocycles. The minimum Gasteiger partial charge on any atom is -0.397 e. The van der Waals surface area contributed by atoms with E-state index in [1.165, 1.54) is 0 Å². The predicted molar refractivity (Wildman–Crippen MR) is 78.0 cm³/mol. The average Bonchev–Trinajstić information content (AvgIpc) is 2.28. The van der Waals surface area contributed by atoms with Crippen LogP contribution < -0.4 is 11.1 Å². The van der Waals surface area contributed by atoms with Crippen LogP contribution in [0, 0.1) is 6.92 Å². The van der Waals surface area contributed by atoms with Crippen LogP contribution in [-0.4, -0.2) is 0 Å². The van der Waals surface area contributed by atoms with Crippen LogP contribution in [0.25, 0.3) is 0 Å². The Kier molecular flexibility index (Phi) is 3.60. The van der Waals surface area contributed by atoms with Gasteiger partial charge in [0.1, 0.15) is 0 Å². The maximum atomic E-state index is 6.11. The molecule has 0 aliphatic carbocycles. The summed E-state index contributed by atoms with van der Waals surface area (Å²) in [7, 11) is 0. The maximum absolute atomic E-state index is 6.11. The van der Waals surface area contributed by atoms with E-state index in [9.17, 15) is 0 Å². The van der Waals surface area contributed by atoms with Crippen molar-refractivity contribution < 1.29 is 0 Å². The van der Waals surface area contributed by atoms with E-state index in [0.29, 0.717) is 10.7 Å². The van der Waals surface area contributed by atoms with Crippen LogP contribution in [0.4, 0.5) is 17.1 Å². The molecule has 0 radical (unpaired) electrons. The van der Waals surface area contributed by atoms with Crippen LogP contribution in [-0.2, 0) is 0 Å². The fraction of sp³-hybridized carbons (Fsp3) is 0.0769. The van der Waals surface area contributed by atoms with Crippen molar-refractivity contribution in [3.63, 3.8) is 0 Å². The third kappa shape index (κ3) is 2.93. The highest BCUT2D eigenvalue weighted by Gasteiger charge is 2.04. The highest BCUT2D eigenvalue weighted by atomic mass is 79.9. The van der Waals surface area contributed by atoms with E-state index in [0.717, 1.165) is 21.4 Å². The molecular weight excluding hydrogens is 300 g/mol. The second kappa shape index (κ2) is 4.98. The van der Waals surface area contributed by atoms with Gasteiger partial charge in [-0.15, -0.1) is 0 Å². The molecule has 3 N–H and O–H groups in total. The van der Waals surface area contributed by atoms with Crippen molar-refractivity contribution in [2.45, 2.75) is 6.92 Å². The third-order valence-electron chi connectivity index (χ3n) is 2.41. The zero-order chi connectivity index (χ0) is 12.4. The number of benzene rings is 2. The lowest BCUT2D eigenvalue weighted by Gasteiger charge is -2.12. The molecule has 0 bridgehead atoms. The number of hydrogen-bond donors (Lipinski definition) is 2. The summed E-state index contributed by atoms with van der Waals surface area (Å²) in [5, 5.41) is 3.90. The molecule has 2 nitrogen and oxygen atoms in total. The van der Waals surface area contributed by atoms with Crippen molar-refractivity contribution >= 4 is 44.6 Å². The highest BCUT2D eigenvalue weighted by molar-refractivity contribution is 9.10. The summed E-state index contributed by atoms with van der Waals surface area (Å²) in [6.45, 7) is 2.02. The largest absolute Gasteiger partial charge is 0.397 e. The van der Waals surface area contributed by atoms with E-state index < -0.39 is 0 Å². The topological polar surface area (TPSA) is 38.0 Å². The molecular formula is C13H12BrClN2. The molecule has 0 aromatic heterocycles. The van der Waals surface area contributed by atoms with E-state index in [1.807, 2.05) is 43.3 Å². The Morgan fingerprint density at radius 3 is 2.65 bits per heavy atom. The standard InChI is InChI=1S/C13H12BrClN2/c1-8-2-5-11(16)13(6-8)17-12-7-9(14)3-4-10(12)15/h2-7,17H,16H2,1H3. The summed E-state index contributed by atoms with van der Waals surface area (Å²) in [5.74, 6) is 0. The van der Waals surface area contributed by atoms with Gasteiger partial charge < -0.3 is 11.1 Å². The van der Waals surface area contributed by atoms with Gasteiger partial charge >= 0.3 is 0 Å². The number of nitrogen functional groups attached to an aromatic ring is 1. The molecule has 4 heteroatoms. The molecule has 0 spiro atoms. The van der Waals surface area contributed by atoms with Gasteiger partial charge in [-0.2, -0.15) is 0 Å². The fourth-order valence-electron chi connectivity index (χ4n) is 1.52. The van der Waals surface area contributed by atoms with Gasteiger partial charge in [-0.1, -0.05) is 33.6 Å². The first-order chi connectivity index (χ1) is 8.06. The van der Waals surface area contributed by atoms with Crippen LogP contribution >= 0.6 is 27.5 Å². The predicted octanol–water partition coefficient (Wildman–Crippen LogP) is 4.74. The Morgan fingerprint density at radius 1 is 1.12 bits per heavy atom. The second-order valence-electron chi connectivity index (χ2n) is 3.84. The van der Waals surface area contributed by atoms with E-state index >= 15 is 0 Å². The molecule has 17 heavy (non-hydrogen) atoms. The van der Waals surface area contributed by atoms with E-state index in [2.05, 4.69) is 21.2 Å². The number of nitrogens with one attached hydrogen (secondary N) is 1. The quantitative estimate of drug-likeness (QED) is 0.786. The fourth-order valence-corrected chi connectivity index (χ4v) is 2.04. The summed E-state index contributed by atoms with van der Waals surface area (Å²) in [5.41, 5.74) is 9.45. The zero-order valence-electron chi connectivity index (χ0n) is 9.30. The normalized spacial score (nSPS) is 10.3. The first-order valence-electron chi connectivity index (χ1n) is 5.14. The third-order valence-corrected chi connectivity index (χ3v) is 3.23. The molecule has 2 aromatic rings. The zero-order valence-corrected chi connectivity index (χ0v) is 11.6. The molecule has 0 unspecified atom stereocenters. The first-order valence-corrected chi connectivity index (χ1v) is 6.31. The van der Waals surface area contributed by atoms with Crippen molar-refractivity contribution in [3.05, 3.63) is 51.5 Å². The Balaban J connectivity index is 2.37. The summed E-state index contributed by atoms with van der Waals surface area (Å²) in [4.78, 5) is 0. The summed E-state index contributed by atoms with van der Waals surface area (Å²) < 4.78 is 0.968. The van der Waals surface area contributed by atoms with Crippen molar-refractivity contribution in [2.24, 2.45) is 0 Å².